The van der Waals surface area contributed by atoms with Crippen molar-refractivity contribution in [2.75, 3.05) is 7.11 Å². The van der Waals surface area contributed by atoms with Crippen LogP contribution < -0.4 is 14.8 Å². The van der Waals surface area contributed by atoms with E-state index in [2.05, 4.69) is 10.1 Å². The van der Waals surface area contributed by atoms with E-state index in [4.69, 9.17) is 4.74 Å². The van der Waals surface area contributed by atoms with Crippen LogP contribution in [0.1, 0.15) is 28.9 Å². The van der Waals surface area contributed by atoms with E-state index in [1.54, 1.807) is 13.0 Å². The van der Waals surface area contributed by atoms with Crippen LogP contribution in [0.2, 0.25) is 0 Å². The smallest absolute Gasteiger partial charge is 0.387 e. The highest BCUT2D eigenvalue weighted by atomic mass is 19.3. The Balaban J connectivity index is 2.10. The van der Waals surface area contributed by atoms with Gasteiger partial charge in [0, 0.05) is 5.56 Å². The Morgan fingerprint density at radius 1 is 1.17 bits per heavy atom. The number of hydrogen-bond donors (Lipinski definition) is 1. The molecule has 2 aromatic carbocycles. The van der Waals surface area contributed by atoms with Crippen LogP contribution in [0.15, 0.2) is 42.5 Å². The molecule has 1 atom stereocenters. The lowest BCUT2D eigenvalue weighted by Crippen LogP contribution is -2.26. The van der Waals surface area contributed by atoms with Crippen LogP contribution in [-0.2, 0) is 0 Å². The molecule has 0 aliphatic rings. The van der Waals surface area contributed by atoms with Gasteiger partial charge in [-0.05, 0) is 42.8 Å². The van der Waals surface area contributed by atoms with E-state index < -0.39 is 24.4 Å². The maximum absolute atomic E-state index is 13.7. The highest BCUT2D eigenvalue weighted by Gasteiger charge is 2.15. The number of methoxy groups -OCH3 is 1. The van der Waals surface area contributed by atoms with Gasteiger partial charge in [-0.25, -0.2) is 4.39 Å². The number of benzene rings is 2. The van der Waals surface area contributed by atoms with E-state index in [1.165, 1.54) is 43.5 Å². The number of halogens is 3. The zero-order valence-electron chi connectivity index (χ0n) is 13.1. The first kappa shape index (κ1) is 17.7. The van der Waals surface area contributed by atoms with Gasteiger partial charge in [-0.2, -0.15) is 8.78 Å². The van der Waals surface area contributed by atoms with E-state index in [0.717, 1.165) is 0 Å². The molecule has 0 heterocycles. The highest BCUT2D eigenvalue weighted by molar-refractivity contribution is 5.94. The van der Waals surface area contributed by atoms with Gasteiger partial charge in [0.05, 0.1) is 13.2 Å². The predicted molar refractivity (Wildman–Crippen MR) is 81.9 cm³/mol. The molecule has 0 aliphatic heterocycles. The van der Waals surface area contributed by atoms with Crippen molar-refractivity contribution in [2.45, 2.75) is 19.6 Å². The van der Waals surface area contributed by atoms with Crippen molar-refractivity contribution in [3.8, 4) is 11.5 Å². The molecule has 0 saturated heterocycles. The summed E-state index contributed by atoms with van der Waals surface area (Å²) in [6.07, 6.45) is 0. The van der Waals surface area contributed by atoms with Crippen molar-refractivity contribution in [3.63, 3.8) is 0 Å². The molecule has 2 aromatic rings. The lowest BCUT2D eigenvalue weighted by atomic mass is 10.1. The molecule has 1 N–H and O–H groups in total. The fourth-order valence-electron chi connectivity index (χ4n) is 2.13. The van der Waals surface area contributed by atoms with Gasteiger partial charge in [-0.1, -0.05) is 12.1 Å². The first-order chi connectivity index (χ1) is 11.4. The number of rotatable bonds is 6. The fourth-order valence-corrected chi connectivity index (χ4v) is 2.13. The van der Waals surface area contributed by atoms with Crippen LogP contribution in [0, 0.1) is 5.82 Å². The average molecular weight is 339 g/mol. The Labute approximate surface area is 137 Å². The Hall–Kier alpha value is -2.70. The van der Waals surface area contributed by atoms with Crippen LogP contribution in [-0.4, -0.2) is 19.6 Å². The van der Waals surface area contributed by atoms with E-state index in [-0.39, 0.29) is 17.1 Å². The van der Waals surface area contributed by atoms with Gasteiger partial charge in [0.1, 0.15) is 5.75 Å². The Morgan fingerprint density at radius 3 is 2.54 bits per heavy atom. The van der Waals surface area contributed by atoms with E-state index in [9.17, 15) is 18.0 Å². The average Bonchev–Trinajstić information content (AvgIpc) is 2.54. The highest BCUT2D eigenvalue weighted by Crippen LogP contribution is 2.22. The van der Waals surface area contributed by atoms with Crippen molar-refractivity contribution in [2.24, 2.45) is 0 Å². The molecule has 0 aliphatic carbocycles. The summed E-state index contributed by atoms with van der Waals surface area (Å²) in [6, 6.07) is 9.30. The summed E-state index contributed by atoms with van der Waals surface area (Å²) in [5.74, 6) is -1.03. The molecule has 4 nitrogen and oxygen atoms in total. The summed E-state index contributed by atoms with van der Waals surface area (Å²) >= 11 is 0. The molecule has 0 fully saturated rings. The lowest BCUT2D eigenvalue weighted by Gasteiger charge is -2.15. The molecule has 0 saturated carbocycles. The second-order valence-electron chi connectivity index (χ2n) is 5.00. The summed E-state index contributed by atoms with van der Waals surface area (Å²) in [6.45, 7) is -1.29. The zero-order valence-corrected chi connectivity index (χ0v) is 13.1. The van der Waals surface area contributed by atoms with E-state index in [1.807, 2.05) is 0 Å². The first-order valence-electron chi connectivity index (χ1n) is 7.10. The largest absolute Gasteiger partial charge is 0.494 e. The van der Waals surface area contributed by atoms with Crippen LogP contribution in [0.3, 0.4) is 0 Å². The van der Waals surface area contributed by atoms with Crippen molar-refractivity contribution in [1.82, 2.24) is 5.32 Å². The van der Waals surface area contributed by atoms with E-state index >= 15 is 0 Å². The molecule has 0 spiro atoms. The molecule has 2 rings (SSSR count). The third-order valence-electron chi connectivity index (χ3n) is 3.34. The SMILES string of the molecule is COc1ccc([C@H](C)NC(=O)c2cccc(OC(F)F)c2)cc1F. The summed E-state index contributed by atoms with van der Waals surface area (Å²) in [4.78, 5) is 12.2. The normalized spacial score (nSPS) is 11.9. The van der Waals surface area contributed by atoms with Crippen molar-refractivity contribution in [1.29, 1.82) is 0 Å². The van der Waals surface area contributed by atoms with Crippen LogP contribution in [0.25, 0.3) is 0 Å². The van der Waals surface area contributed by atoms with E-state index in [0.29, 0.717) is 5.56 Å². The minimum atomic E-state index is -2.97. The fraction of sp³-hybridized carbons (Fsp3) is 0.235. The lowest BCUT2D eigenvalue weighted by molar-refractivity contribution is -0.0498. The Bertz CT molecular complexity index is 722. The number of ether oxygens (including phenoxy) is 2. The summed E-state index contributed by atoms with van der Waals surface area (Å²) in [5.41, 5.74) is 0.704. The summed E-state index contributed by atoms with van der Waals surface area (Å²) in [5, 5.41) is 2.67. The minimum Gasteiger partial charge on any atom is -0.494 e. The number of carbonyl (C=O) groups is 1. The van der Waals surface area contributed by atoms with Crippen molar-refractivity contribution < 1.29 is 27.4 Å². The number of alkyl halides is 2. The van der Waals surface area contributed by atoms with Crippen molar-refractivity contribution in [3.05, 3.63) is 59.4 Å². The Morgan fingerprint density at radius 2 is 1.92 bits per heavy atom. The van der Waals surface area contributed by atoms with Gasteiger partial charge in [0.25, 0.3) is 5.91 Å². The molecule has 0 aromatic heterocycles. The van der Waals surface area contributed by atoms with Gasteiger partial charge in [0.2, 0.25) is 0 Å². The quantitative estimate of drug-likeness (QED) is 0.867. The molecular formula is C17H16F3NO3. The van der Waals surface area contributed by atoms with Gasteiger partial charge >= 0.3 is 6.61 Å². The number of amides is 1. The molecule has 24 heavy (non-hydrogen) atoms. The summed E-state index contributed by atoms with van der Waals surface area (Å²) in [7, 11) is 1.36. The van der Waals surface area contributed by atoms with Crippen LogP contribution in [0.4, 0.5) is 13.2 Å². The predicted octanol–water partition coefficient (Wildman–Crippen LogP) is 3.93. The van der Waals surface area contributed by atoms with Crippen LogP contribution in [0.5, 0.6) is 11.5 Å². The molecule has 7 heteroatoms. The van der Waals surface area contributed by atoms with Crippen molar-refractivity contribution >= 4 is 5.91 Å². The molecule has 1 amide bonds. The molecule has 0 bridgehead atoms. The van der Waals surface area contributed by atoms with Gasteiger partial charge in [-0.15, -0.1) is 0 Å². The first-order valence-corrected chi connectivity index (χ1v) is 7.10. The zero-order chi connectivity index (χ0) is 17.7. The number of carbonyl (C=O) groups excluding carboxylic acids is 1. The number of hydrogen-bond acceptors (Lipinski definition) is 3. The molecular weight excluding hydrogens is 323 g/mol. The van der Waals surface area contributed by atoms with Gasteiger partial charge in [-0.3, -0.25) is 4.79 Å². The Kier molecular flexibility index (Phi) is 5.68. The maximum atomic E-state index is 13.7. The topological polar surface area (TPSA) is 47.6 Å². The molecule has 0 unspecified atom stereocenters. The van der Waals surface area contributed by atoms with Crippen LogP contribution >= 0.6 is 0 Å². The summed E-state index contributed by atoms with van der Waals surface area (Å²) < 4.78 is 47.2. The standard InChI is InChI=1S/C17H16F3NO3/c1-10(11-6-7-15(23-2)14(18)9-11)21-16(22)12-4-3-5-13(8-12)24-17(19)20/h3-10,17H,1-2H3,(H,21,22)/t10-/m0/s1. The maximum Gasteiger partial charge on any atom is 0.387 e. The third-order valence-corrected chi connectivity index (χ3v) is 3.34. The van der Waals surface area contributed by atoms with Gasteiger partial charge in [0.15, 0.2) is 11.6 Å². The second kappa shape index (κ2) is 7.72. The second-order valence-corrected chi connectivity index (χ2v) is 5.00. The number of nitrogens with one attached hydrogen (secondary N) is 1. The van der Waals surface area contributed by atoms with Gasteiger partial charge < -0.3 is 14.8 Å². The monoisotopic (exact) mass is 339 g/mol. The third kappa shape index (κ3) is 4.41. The minimum absolute atomic E-state index is 0.106. The molecule has 128 valence electrons. The molecule has 0 radical (unpaired) electrons.